The van der Waals surface area contributed by atoms with Gasteiger partial charge in [0.05, 0.1) is 50.1 Å². The molecular weight excluding hydrogens is 956 g/mol. The number of rotatable bonds is 15. The van der Waals surface area contributed by atoms with E-state index in [2.05, 4.69) is 0 Å². The molecule has 0 aliphatic carbocycles. The third-order valence-electron chi connectivity index (χ3n) is 8.75. The van der Waals surface area contributed by atoms with Crippen LogP contribution in [0.3, 0.4) is 0 Å². The fourth-order valence-electron chi connectivity index (χ4n) is 5.34. The first-order valence-electron chi connectivity index (χ1n) is 19.1. The summed E-state index contributed by atoms with van der Waals surface area (Å²) >= 11 is 12.2. The lowest BCUT2D eigenvalue weighted by Gasteiger charge is -2.17. The smallest absolute Gasteiger partial charge is 0.347 e. The lowest BCUT2D eigenvalue weighted by molar-refractivity contribution is 0.0595. The van der Waals surface area contributed by atoms with Gasteiger partial charge in [0.15, 0.2) is 23.0 Å². The first kappa shape index (κ1) is 56.2. The van der Waals surface area contributed by atoms with Crippen LogP contribution in [0.5, 0.6) is 40.2 Å². The van der Waals surface area contributed by atoms with Crippen molar-refractivity contribution in [3.63, 3.8) is 0 Å². The maximum Gasteiger partial charge on any atom is 0.347 e. The van der Waals surface area contributed by atoms with Crippen molar-refractivity contribution in [3.8, 4) is 40.2 Å². The first-order valence-corrected chi connectivity index (χ1v) is 23.1. The molecule has 1 aliphatic heterocycles. The number of phenols is 2. The van der Waals surface area contributed by atoms with Gasteiger partial charge in [-0.2, -0.15) is 16.8 Å². The molecule has 4 aromatic carbocycles. The molecule has 4 aromatic rings. The van der Waals surface area contributed by atoms with Crippen LogP contribution in [0, 0.1) is 31.6 Å². The number of halogens is 2. The second kappa shape index (κ2) is 25.7. The monoisotopic (exact) mass is 1000 g/mol. The molecule has 0 fully saturated rings. The highest BCUT2D eigenvalue weighted by Crippen LogP contribution is 2.52. The van der Waals surface area contributed by atoms with Gasteiger partial charge in [-0.3, -0.25) is 19.9 Å². The highest BCUT2D eigenvalue weighted by atomic mass is 35.5. The molecule has 1 aliphatic rings. The number of esters is 2. The van der Waals surface area contributed by atoms with Gasteiger partial charge in [0.2, 0.25) is 0 Å². The summed E-state index contributed by atoms with van der Waals surface area (Å²) < 4.78 is 81.4. The van der Waals surface area contributed by atoms with Crippen LogP contribution in [0.2, 0.25) is 10.0 Å². The molecule has 66 heavy (non-hydrogen) atoms. The number of unbranched alkanes of at least 4 members (excludes halogenated alkanes) is 2. The average Bonchev–Trinajstić information content (AvgIpc) is 3.40. The molecule has 25 heteroatoms. The summed E-state index contributed by atoms with van der Waals surface area (Å²) in [4.78, 5) is 24.8. The van der Waals surface area contributed by atoms with E-state index >= 15 is 0 Å². The van der Waals surface area contributed by atoms with Gasteiger partial charge < -0.3 is 55.6 Å². The number of carbonyl (C=O) groups excluding carboxylic acids is 2. The minimum atomic E-state index is -3.92. The summed E-state index contributed by atoms with van der Waals surface area (Å²) in [6, 6.07) is 14.4. The maximum atomic E-state index is 12.7. The topological polar surface area (TPSA) is 370 Å². The first-order chi connectivity index (χ1) is 30.8. The Morgan fingerprint density at radius 1 is 0.667 bits per heavy atom. The summed E-state index contributed by atoms with van der Waals surface area (Å²) in [7, 11) is -6.68. The van der Waals surface area contributed by atoms with Crippen LogP contribution in [0.4, 0.5) is 0 Å². The van der Waals surface area contributed by atoms with Crippen LogP contribution >= 0.6 is 23.2 Å². The van der Waals surface area contributed by atoms with Crippen LogP contribution < -0.4 is 30.4 Å². The predicted octanol–water partition coefficient (Wildman–Crippen LogP) is 5.06. The van der Waals surface area contributed by atoms with E-state index in [9.17, 15) is 36.6 Å². The summed E-state index contributed by atoms with van der Waals surface area (Å²) in [6.45, 7) is 4.66. The van der Waals surface area contributed by atoms with Gasteiger partial charge in [-0.05, 0) is 94.1 Å². The number of phenolic OH excluding ortho intramolecular Hbond substituents is 2. The molecule has 5 rings (SSSR count). The zero-order chi connectivity index (χ0) is 50.1. The SMILES string of the molecule is COC(=O)c1c(C)c2c(c(C)c1O)OC(=O)c1c(C)c(Cl)c(O)c(Cl)c1O2.N=C(N)c1ccc(OCCCCCOc2ccc(C(=N)N)cc2)cc1.O=S(=O)(O)CCO.O=S(=O)(O)CCO. The number of hydrogen-bond donors (Lipinski definition) is 10. The van der Waals surface area contributed by atoms with Gasteiger partial charge in [0.1, 0.15) is 45.1 Å². The van der Waals surface area contributed by atoms with Crippen molar-refractivity contribution in [1.82, 2.24) is 0 Å². The van der Waals surface area contributed by atoms with E-state index in [0.29, 0.717) is 24.3 Å². The number of aliphatic hydroxyl groups excluding tert-OH is 2. The van der Waals surface area contributed by atoms with Crippen molar-refractivity contribution in [2.45, 2.75) is 40.0 Å². The third-order valence-corrected chi connectivity index (χ3v) is 11.0. The van der Waals surface area contributed by atoms with E-state index in [0.717, 1.165) is 30.8 Å². The minimum absolute atomic E-state index is 0.0131. The second-order valence-electron chi connectivity index (χ2n) is 13.6. The van der Waals surface area contributed by atoms with Crippen molar-refractivity contribution in [2.24, 2.45) is 11.5 Å². The number of aromatic hydroxyl groups is 2. The molecule has 12 N–H and O–H groups in total. The van der Waals surface area contributed by atoms with E-state index in [4.69, 9.17) is 88.5 Å². The number of nitrogen functional groups attached to an aromatic ring is 2. The van der Waals surface area contributed by atoms with E-state index in [1.807, 2.05) is 24.3 Å². The lowest BCUT2D eigenvalue weighted by Crippen LogP contribution is -2.11. The molecular formula is C41H50Cl2N4O17S2. The summed E-state index contributed by atoms with van der Waals surface area (Å²) in [5.41, 5.74) is 12.5. The van der Waals surface area contributed by atoms with Crippen molar-refractivity contribution < 1.29 is 79.6 Å². The summed E-state index contributed by atoms with van der Waals surface area (Å²) in [6.07, 6.45) is 2.90. The van der Waals surface area contributed by atoms with E-state index < -0.39 is 68.4 Å². The largest absolute Gasteiger partial charge is 0.507 e. The van der Waals surface area contributed by atoms with Gasteiger partial charge in [-0.1, -0.05) is 23.2 Å². The van der Waals surface area contributed by atoms with Crippen molar-refractivity contribution in [3.05, 3.63) is 97.5 Å². The Hall–Kier alpha value is -5.92. The number of methoxy groups -OCH3 is 1. The molecule has 0 amide bonds. The Balaban J connectivity index is 0.000000353. The average molecular weight is 1010 g/mol. The number of nitrogens with two attached hydrogens (primary N) is 2. The van der Waals surface area contributed by atoms with Gasteiger partial charge >= 0.3 is 11.9 Å². The van der Waals surface area contributed by atoms with E-state index in [1.54, 1.807) is 24.3 Å². The molecule has 0 saturated carbocycles. The molecule has 362 valence electrons. The molecule has 1 heterocycles. The number of hydrogen-bond acceptors (Lipinski definition) is 17. The minimum Gasteiger partial charge on any atom is -0.507 e. The molecule has 0 aromatic heterocycles. The van der Waals surface area contributed by atoms with Crippen LogP contribution in [0.25, 0.3) is 0 Å². The highest BCUT2D eigenvalue weighted by molar-refractivity contribution is 7.86. The molecule has 0 spiro atoms. The van der Waals surface area contributed by atoms with Crippen molar-refractivity contribution in [1.29, 1.82) is 10.8 Å². The Labute approximate surface area is 390 Å². The second-order valence-corrected chi connectivity index (χ2v) is 17.5. The maximum absolute atomic E-state index is 12.7. The Kier molecular flexibility index (Phi) is 21.9. The normalized spacial score (nSPS) is 11.5. The van der Waals surface area contributed by atoms with Crippen LogP contribution in [-0.4, -0.2) is 115 Å². The number of aliphatic hydroxyl groups is 2. The fraction of sp³-hybridized carbons (Fsp3) is 0.317. The van der Waals surface area contributed by atoms with Crippen LogP contribution in [0.15, 0.2) is 48.5 Å². The Bertz CT molecular complexity index is 2500. The van der Waals surface area contributed by atoms with Gasteiger partial charge in [0.25, 0.3) is 20.2 Å². The van der Waals surface area contributed by atoms with Gasteiger partial charge in [0, 0.05) is 22.3 Å². The van der Waals surface area contributed by atoms with Gasteiger partial charge in [-0.25, -0.2) is 9.59 Å². The number of carbonyl (C=O) groups is 2. The molecule has 0 saturated heterocycles. The Morgan fingerprint density at radius 2 is 1.09 bits per heavy atom. The van der Waals surface area contributed by atoms with Gasteiger partial charge in [-0.15, -0.1) is 0 Å². The van der Waals surface area contributed by atoms with Crippen molar-refractivity contribution in [2.75, 3.05) is 45.0 Å². The lowest BCUT2D eigenvalue weighted by atomic mass is 10.0. The molecule has 0 radical (unpaired) electrons. The molecule has 0 bridgehead atoms. The number of fused-ring (bicyclic) bond motifs is 2. The standard InChI is InChI=1S/C19H24N4O2.C18H14Cl2O7.2C2H6O4S/c20-18(21)14-4-8-16(9-5-14)24-12-2-1-3-13-25-17-10-6-15(7-11-17)19(22)23;1-5-9-16(11(20)13(22)10(5)19)26-14-6(2)8(17(23)25-4)12(21)7(3)15(14)27-18(9)24;2*3-1-2-7(4,5)6/h4-11H,1-3,12-13H2,(H3,20,21)(H3,22,23);21-22H,1-4H3;2*3H,1-2H2,(H,4,5,6). The third kappa shape index (κ3) is 16.8. The van der Waals surface area contributed by atoms with Crippen LogP contribution in [-0.2, 0) is 25.0 Å². The quantitative estimate of drug-likeness (QED) is 0.0186. The number of ether oxygens (including phenoxy) is 5. The van der Waals surface area contributed by atoms with E-state index in [-0.39, 0.29) is 66.8 Å². The zero-order valence-corrected chi connectivity index (χ0v) is 39.0. The Morgan fingerprint density at radius 3 is 1.45 bits per heavy atom. The number of benzene rings is 4. The molecule has 21 nitrogen and oxygen atoms in total. The number of amidine groups is 2. The predicted molar refractivity (Wildman–Crippen MR) is 244 cm³/mol. The highest BCUT2D eigenvalue weighted by Gasteiger charge is 2.35. The zero-order valence-electron chi connectivity index (χ0n) is 35.9. The molecule has 0 atom stereocenters. The van der Waals surface area contributed by atoms with Crippen molar-refractivity contribution >= 4 is 67.0 Å². The summed E-state index contributed by atoms with van der Waals surface area (Å²) in [5, 5.41) is 50.5. The van der Waals surface area contributed by atoms with Crippen LogP contribution in [0.1, 0.15) is 67.8 Å². The fourth-order valence-corrected chi connectivity index (χ4v) is 6.26. The summed E-state index contributed by atoms with van der Waals surface area (Å²) in [5.74, 6) is -2.20. The van der Waals surface area contributed by atoms with E-state index in [1.165, 1.54) is 27.9 Å². The molecule has 0 unspecified atom stereocenters. The number of nitrogens with one attached hydrogen (secondary N) is 2.